The Morgan fingerprint density at radius 3 is 2.79 bits per heavy atom. The minimum atomic E-state index is -0.878. The first kappa shape index (κ1) is 14.0. The van der Waals surface area contributed by atoms with Gasteiger partial charge in [0.05, 0.1) is 11.3 Å². The van der Waals surface area contributed by atoms with E-state index >= 15 is 0 Å². The summed E-state index contributed by atoms with van der Waals surface area (Å²) in [5.74, 6) is -0.878. The molecule has 1 aromatic carbocycles. The molecular weight excluding hydrogens is 278 g/mol. The van der Waals surface area contributed by atoms with E-state index in [1.165, 1.54) is 17.3 Å². The number of carboxylic acid groups (broad SMARTS) is 1. The van der Waals surface area contributed by atoms with Gasteiger partial charge in [0.15, 0.2) is 0 Å². The molecule has 0 saturated heterocycles. The van der Waals surface area contributed by atoms with Gasteiger partial charge in [-0.2, -0.15) is 11.3 Å². The Morgan fingerprint density at radius 2 is 2.21 bits per heavy atom. The third kappa shape index (κ3) is 3.11. The summed E-state index contributed by atoms with van der Waals surface area (Å²) < 4.78 is 0. The summed E-state index contributed by atoms with van der Waals surface area (Å²) in [4.78, 5) is 14.2. The standard InChI is InChI=1S/C14H15NO2S2/c1-15(8-10-6-7-19-9-10)11-4-3-5-12(18-2)13(11)14(16)17/h3-7,9H,8H2,1-2H3,(H,16,17). The molecule has 0 atom stereocenters. The molecule has 2 rings (SSSR count). The van der Waals surface area contributed by atoms with E-state index in [0.717, 1.165) is 10.6 Å². The molecule has 1 heterocycles. The second kappa shape index (κ2) is 6.12. The second-order valence-electron chi connectivity index (χ2n) is 4.15. The van der Waals surface area contributed by atoms with E-state index < -0.39 is 5.97 Å². The van der Waals surface area contributed by atoms with Crippen molar-refractivity contribution in [2.75, 3.05) is 18.2 Å². The zero-order valence-corrected chi connectivity index (χ0v) is 12.4. The molecule has 0 aliphatic rings. The van der Waals surface area contributed by atoms with Gasteiger partial charge >= 0.3 is 5.97 Å². The summed E-state index contributed by atoms with van der Waals surface area (Å²) in [7, 11) is 1.92. The van der Waals surface area contributed by atoms with Crippen molar-refractivity contribution in [3.63, 3.8) is 0 Å². The zero-order chi connectivity index (χ0) is 13.8. The molecule has 0 amide bonds. The van der Waals surface area contributed by atoms with Crippen molar-refractivity contribution in [2.45, 2.75) is 11.4 Å². The van der Waals surface area contributed by atoms with Crippen LogP contribution in [-0.2, 0) is 6.54 Å². The number of hydrogen-bond acceptors (Lipinski definition) is 4. The van der Waals surface area contributed by atoms with Crippen molar-refractivity contribution >= 4 is 34.8 Å². The highest BCUT2D eigenvalue weighted by atomic mass is 32.2. The van der Waals surface area contributed by atoms with Crippen LogP contribution >= 0.6 is 23.1 Å². The second-order valence-corrected chi connectivity index (χ2v) is 5.78. The van der Waals surface area contributed by atoms with Crippen LogP contribution in [-0.4, -0.2) is 24.4 Å². The maximum atomic E-state index is 11.5. The summed E-state index contributed by atoms with van der Waals surface area (Å²) >= 11 is 3.11. The molecule has 1 N–H and O–H groups in total. The van der Waals surface area contributed by atoms with Crippen LogP contribution in [0, 0.1) is 0 Å². The number of nitrogens with zero attached hydrogens (tertiary/aromatic N) is 1. The van der Waals surface area contributed by atoms with Crippen LogP contribution in [0.5, 0.6) is 0 Å². The van der Waals surface area contributed by atoms with Crippen LogP contribution in [0.1, 0.15) is 15.9 Å². The van der Waals surface area contributed by atoms with E-state index in [1.54, 1.807) is 11.3 Å². The molecule has 0 unspecified atom stereocenters. The molecule has 0 aliphatic carbocycles. The van der Waals surface area contributed by atoms with Gasteiger partial charge in [-0.1, -0.05) is 6.07 Å². The van der Waals surface area contributed by atoms with Gasteiger partial charge in [0.2, 0.25) is 0 Å². The molecule has 0 saturated carbocycles. The van der Waals surface area contributed by atoms with Crippen LogP contribution in [0.15, 0.2) is 39.9 Å². The Bertz CT molecular complexity index is 567. The molecule has 2 aromatic rings. The first-order valence-electron chi connectivity index (χ1n) is 5.76. The highest BCUT2D eigenvalue weighted by molar-refractivity contribution is 7.98. The quantitative estimate of drug-likeness (QED) is 0.851. The van der Waals surface area contributed by atoms with Crippen LogP contribution in [0.2, 0.25) is 0 Å². The summed E-state index contributed by atoms with van der Waals surface area (Å²) in [6.07, 6.45) is 1.89. The Morgan fingerprint density at radius 1 is 1.42 bits per heavy atom. The molecule has 0 fully saturated rings. The Labute approximate surface area is 120 Å². The maximum absolute atomic E-state index is 11.5. The van der Waals surface area contributed by atoms with E-state index in [2.05, 4.69) is 11.4 Å². The smallest absolute Gasteiger partial charge is 0.338 e. The summed E-state index contributed by atoms with van der Waals surface area (Å²) in [5.41, 5.74) is 2.33. The maximum Gasteiger partial charge on any atom is 0.338 e. The Hall–Kier alpha value is -1.46. The largest absolute Gasteiger partial charge is 0.478 e. The lowest BCUT2D eigenvalue weighted by Gasteiger charge is -2.22. The Balaban J connectivity index is 2.35. The highest BCUT2D eigenvalue weighted by Gasteiger charge is 2.17. The molecule has 0 aliphatic heterocycles. The fourth-order valence-corrected chi connectivity index (χ4v) is 3.23. The van der Waals surface area contributed by atoms with Crippen LogP contribution in [0.25, 0.3) is 0 Å². The number of thioether (sulfide) groups is 1. The van der Waals surface area contributed by atoms with E-state index in [-0.39, 0.29) is 0 Å². The fourth-order valence-electron chi connectivity index (χ4n) is 1.96. The summed E-state index contributed by atoms with van der Waals surface area (Å²) in [5, 5.41) is 13.5. The molecule has 3 nitrogen and oxygen atoms in total. The van der Waals surface area contributed by atoms with Crippen LogP contribution < -0.4 is 4.90 Å². The SMILES string of the molecule is CSc1cccc(N(C)Cc2ccsc2)c1C(=O)O. The number of carboxylic acids is 1. The zero-order valence-electron chi connectivity index (χ0n) is 10.8. The molecule has 0 bridgehead atoms. The number of carbonyl (C=O) groups is 1. The lowest BCUT2D eigenvalue weighted by Crippen LogP contribution is -2.19. The lowest BCUT2D eigenvalue weighted by atomic mass is 10.1. The van der Waals surface area contributed by atoms with Crippen molar-refractivity contribution in [1.29, 1.82) is 0 Å². The molecule has 0 spiro atoms. The predicted octanol–water partition coefficient (Wildman–Crippen LogP) is 3.80. The van der Waals surface area contributed by atoms with Gasteiger partial charge in [-0.15, -0.1) is 11.8 Å². The summed E-state index contributed by atoms with van der Waals surface area (Å²) in [6.45, 7) is 0.710. The summed E-state index contributed by atoms with van der Waals surface area (Å²) in [6, 6.07) is 7.66. The number of rotatable bonds is 5. The highest BCUT2D eigenvalue weighted by Crippen LogP contribution is 2.30. The van der Waals surface area contributed by atoms with Crippen LogP contribution in [0.3, 0.4) is 0 Å². The van der Waals surface area contributed by atoms with E-state index in [4.69, 9.17) is 0 Å². The third-order valence-corrected chi connectivity index (χ3v) is 4.36. The fraction of sp³-hybridized carbons (Fsp3) is 0.214. The lowest BCUT2D eigenvalue weighted by molar-refractivity contribution is 0.0694. The van der Waals surface area contributed by atoms with Crippen molar-refractivity contribution in [3.8, 4) is 0 Å². The number of benzene rings is 1. The minimum Gasteiger partial charge on any atom is -0.478 e. The van der Waals surface area contributed by atoms with Gasteiger partial charge in [-0.25, -0.2) is 4.79 Å². The average molecular weight is 293 g/mol. The van der Waals surface area contributed by atoms with E-state index in [0.29, 0.717) is 12.1 Å². The van der Waals surface area contributed by atoms with Crippen LogP contribution in [0.4, 0.5) is 5.69 Å². The number of aromatic carboxylic acids is 1. The first-order valence-corrected chi connectivity index (χ1v) is 7.92. The van der Waals surface area contributed by atoms with Gasteiger partial charge in [0.1, 0.15) is 0 Å². The minimum absolute atomic E-state index is 0.382. The molecular formula is C14H15NO2S2. The number of anilines is 1. The monoisotopic (exact) mass is 293 g/mol. The van der Waals surface area contributed by atoms with Gasteiger partial charge in [-0.05, 0) is 40.8 Å². The van der Waals surface area contributed by atoms with Crippen molar-refractivity contribution < 1.29 is 9.90 Å². The molecule has 1 aromatic heterocycles. The van der Waals surface area contributed by atoms with Gasteiger partial charge in [0.25, 0.3) is 0 Å². The molecule has 100 valence electrons. The van der Waals surface area contributed by atoms with Crippen molar-refractivity contribution in [2.24, 2.45) is 0 Å². The normalized spacial score (nSPS) is 10.4. The van der Waals surface area contributed by atoms with Crippen molar-refractivity contribution in [3.05, 3.63) is 46.2 Å². The molecule has 0 radical (unpaired) electrons. The number of thiophene rings is 1. The van der Waals surface area contributed by atoms with E-state index in [1.807, 2.05) is 41.8 Å². The third-order valence-electron chi connectivity index (χ3n) is 2.85. The van der Waals surface area contributed by atoms with E-state index in [9.17, 15) is 9.90 Å². The van der Waals surface area contributed by atoms with Gasteiger partial charge in [0, 0.05) is 18.5 Å². The Kier molecular flexibility index (Phi) is 4.50. The first-order chi connectivity index (χ1) is 9.13. The topological polar surface area (TPSA) is 40.5 Å². The number of hydrogen-bond donors (Lipinski definition) is 1. The van der Waals surface area contributed by atoms with Gasteiger partial charge in [-0.3, -0.25) is 0 Å². The molecule has 5 heteroatoms. The van der Waals surface area contributed by atoms with Gasteiger partial charge < -0.3 is 10.0 Å². The average Bonchev–Trinajstić information content (AvgIpc) is 2.90. The predicted molar refractivity (Wildman–Crippen MR) is 81.6 cm³/mol. The molecule has 19 heavy (non-hydrogen) atoms. The van der Waals surface area contributed by atoms with Crippen molar-refractivity contribution in [1.82, 2.24) is 0 Å².